The van der Waals surface area contributed by atoms with Gasteiger partial charge in [-0.1, -0.05) is 0 Å². The molecule has 9 nitrogen and oxygen atoms in total. The largest absolute Gasteiger partial charge is 0.476 e. The molecule has 4 heterocycles. The number of carboxylic acid groups (broad SMARTS) is 1. The molecule has 4 rings (SSSR count). The van der Waals surface area contributed by atoms with Crippen LogP contribution in [0.5, 0.6) is 0 Å². The Kier molecular flexibility index (Phi) is 5.14. The number of thiophene rings is 1. The lowest BCUT2D eigenvalue weighted by Crippen LogP contribution is -2.29. The van der Waals surface area contributed by atoms with Gasteiger partial charge < -0.3 is 10.4 Å². The Balaban J connectivity index is 1.84. The molecule has 0 radical (unpaired) electrons. The maximum atomic E-state index is 11.9. The zero-order chi connectivity index (χ0) is 20.4. The predicted molar refractivity (Wildman–Crippen MR) is 111 cm³/mol. The van der Waals surface area contributed by atoms with Crippen LogP contribution in [0.4, 0.5) is 10.7 Å². The minimum Gasteiger partial charge on any atom is -0.476 e. The van der Waals surface area contributed by atoms with Crippen molar-refractivity contribution in [1.82, 2.24) is 25.3 Å². The van der Waals surface area contributed by atoms with Crippen LogP contribution in [-0.2, 0) is 0 Å². The van der Waals surface area contributed by atoms with Gasteiger partial charge in [0.25, 0.3) is 0 Å². The predicted octanol–water partition coefficient (Wildman–Crippen LogP) is 3.72. The number of thiazole rings is 1. The van der Waals surface area contributed by atoms with E-state index in [0.717, 1.165) is 15.8 Å². The highest BCUT2D eigenvalue weighted by Crippen LogP contribution is 2.38. The van der Waals surface area contributed by atoms with Crippen LogP contribution >= 0.6 is 22.7 Å². The van der Waals surface area contributed by atoms with Crippen LogP contribution < -0.4 is 10.6 Å². The smallest absolute Gasteiger partial charge is 0.355 e. The van der Waals surface area contributed by atoms with Crippen molar-refractivity contribution < 1.29 is 14.7 Å². The van der Waals surface area contributed by atoms with Gasteiger partial charge in [-0.05, 0) is 25.1 Å². The first-order valence-electron chi connectivity index (χ1n) is 8.51. The first-order chi connectivity index (χ1) is 14.0. The highest BCUT2D eigenvalue weighted by Gasteiger charge is 2.18. The fourth-order valence-electron chi connectivity index (χ4n) is 2.60. The monoisotopic (exact) mass is 426 g/mol. The summed E-state index contributed by atoms with van der Waals surface area (Å²) in [5, 5.41) is 17.3. The Morgan fingerprint density at radius 1 is 1.17 bits per heavy atom. The maximum Gasteiger partial charge on any atom is 0.355 e. The number of aromatic nitrogens is 4. The molecule has 0 aliphatic carbocycles. The van der Waals surface area contributed by atoms with Gasteiger partial charge in [0.05, 0.1) is 10.6 Å². The molecule has 0 saturated heterocycles. The first-order valence-corrected chi connectivity index (χ1v) is 10.2. The topological polar surface area (TPSA) is 130 Å². The summed E-state index contributed by atoms with van der Waals surface area (Å²) in [5.74, 6) is -0.895. The summed E-state index contributed by atoms with van der Waals surface area (Å²) in [5.41, 5.74) is 1.46. The SMILES string of the molecule is CCNC(=O)Nc1nc(-c2ccncc2)c2cc(-c3nc(C(=O)O)cs3)sc2n1. The van der Waals surface area contributed by atoms with Gasteiger partial charge in [-0.3, -0.25) is 10.3 Å². The van der Waals surface area contributed by atoms with Crippen molar-refractivity contribution in [3.05, 3.63) is 41.7 Å². The highest BCUT2D eigenvalue weighted by atomic mass is 32.1. The van der Waals surface area contributed by atoms with E-state index < -0.39 is 12.0 Å². The number of aromatic carboxylic acids is 1. The summed E-state index contributed by atoms with van der Waals surface area (Å²) in [6, 6.07) is 5.13. The van der Waals surface area contributed by atoms with E-state index in [2.05, 4.69) is 30.6 Å². The minimum absolute atomic E-state index is 0.00138. The Morgan fingerprint density at radius 2 is 1.97 bits per heavy atom. The fourth-order valence-corrected chi connectivity index (χ4v) is 4.49. The standard InChI is InChI=1S/C18H14N6O3S2/c1-2-20-18(27)24-17-22-13(9-3-5-19-6-4-9)10-7-12(29-14(10)23-17)15-21-11(8-28-15)16(25)26/h3-8H,2H2,1H3,(H,25,26)(H2,20,22,23,24,27). The molecule has 0 aromatic carbocycles. The lowest BCUT2D eigenvalue weighted by molar-refractivity contribution is 0.0691. The van der Waals surface area contributed by atoms with Crippen LogP contribution in [0.15, 0.2) is 36.0 Å². The molecule has 0 atom stereocenters. The Bertz CT molecular complexity index is 1210. The van der Waals surface area contributed by atoms with E-state index in [1.165, 1.54) is 28.1 Å². The van der Waals surface area contributed by atoms with Gasteiger partial charge >= 0.3 is 12.0 Å². The van der Waals surface area contributed by atoms with Crippen LogP contribution in [-0.4, -0.2) is 43.6 Å². The molecule has 0 saturated carbocycles. The number of nitrogens with zero attached hydrogens (tertiary/aromatic N) is 4. The third-order valence-electron chi connectivity index (χ3n) is 3.84. The van der Waals surface area contributed by atoms with Crippen LogP contribution in [0.1, 0.15) is 17.4 Å². The maximum absolute atomic E-state index is 11.9. The molecule has 0 fully saturated rings. The third-order valence-corrected chi connectivity index (χ3v) is 5.88. The molecule has 4 aromatic heterocycles. The van der Waals surface area contributed by atoms with Gasteiger partial charge in [-0.25, -0.2) is 24.5 Å². The zero-order valence-corrected chi connectivity index (χ0v) is 16.7. The molecule has 146 valence electrons. The zero-order valence-electron chi connectivity index (χ0n) is 15.0. The van der Waals surface area contributed by atoms with Gasteiger partial charge in [0.15, 0.2) is 5.69 Å². The third kappa shape index (κ3) is 3.91. The van der Waals surface area contributed by atoms with Gasteiger partial charge in [0, 0.05) is 35.3 Å². The van der Waals surface area contributed by atoms with Gasteiger partial charge in [-0.2, -0.15) is 0 Å². The lowest BCUT2D eigenvalue weighted by atomic mass is 10.1. The summed E-state index contributed by atoms with van der Waals surface area (Å²) < 4.78 is 0. The van der Waals surface area contributed by atoms with Crippen LogP contribution in [0.3, 0.4) is 0 Å². The molecular weight excluding hydrogens is 412 g/mol. The second-order valence-corrected chi connectivity index (χ2v) is 7.68. The second-order valence-electron chi connectivity index (χ2n) is 5.79. The Morgan fingerprint density at radius 3 is 2.66 bits per heavy atom. The number of carboxylic acids is 1. The Labute approximate surface area is 172 Å². The van der Waals surface area contributed by atoms with E-state index in [-0.39, 0.29) is 11.6 Å². The van der Waals surface area contributed by atoms with Crippen molar-refractivity contribution in [2.24, 2.45) is 0 Å². The average molecular weight is 426 g/mol. The molecule has 29 heavy (non-hydrogen) atoms. The normalized spacial score (nSPS) is 10.8. The highest BCUT2D eigenvalue weighted by molar-refractivity contribution is 7.25. The van der Waals surface area contributed by atoms with E-state index >= 15 is 0 Å². The van der Waals surface area contributed by atoms with E-state index in [0.29, 0.717) is 22.1 Å². The van der Waals surface area contributed by atoms with Crippen molar-refractivity contribution >= 4 is 50.8 Å². The molecule has 0 bridgehead atoms. The van der Waals surface area contributed by atoms with Gasteiger partial charge in [-0.15, -0.1) is 22.7 Å². The minimum atomic E-state index is -1.07. The van der Waals surface area contributed by atoms with Crippen molar-refractivity contribution in [3.8, 4) is 21.1 Å². The number of amides is 2. The van der Waals surface area contributed by atoms with E-state index in [4.69, 9.17) is 5.11 Å². The fraction of sp³-hybridized carbons (Fsp3) is 0.111. The molecule has 0 spiro atoms. The quantitative estimate of drug-likeness (QED) is 0.443. The number of fused-ring (bicyclic) bond motifs is 1. The van der Waals surface area contributed by atoms with E-state index in [1.807, 2.05) is 25.1 Å². The van der Waals surface area contributed by atoms with Crippen molar-refractivity contribution in [2.75, 3.05) is 11.9 Å². The molecule has 3 N–H and O–H groups in total. The number of nitrogens with one attached hydrogen (secondary N) is 2. The van der Waals surface area contributed by atoms with Crippen molar-refractivity contribution in [3.63, 3.8) is 0 Å². The molecule has 11 heteroatoms. The number of hydrogen-bond acceptors (Lipinski definition) is 8. The average Bonchev–Trinajstić information content (AvgIpc) is 3.35. The van der Waals surface area contributed by atoms with E-state index in [9.17, 15) is 9.59 Å². The number of urea groups is 1. The summed E-state index contributed by atoms with van der Waals surface area (Å²) >= 11 is 2.61. The summed E-state index contributed by atoms with van der Waals surface area (Å²) in [6.07, 6.45) is 3.32. The summed E-state index contributed by atoms with van der Waals surface area (Å²) in [7, 11) is 0. The first kappa shape index (κ1) is 18.9. The second kappa shape index (κ2) is 7.89. The molecule has 0 aliphatic heterocycles. The summed E-state index contributed by atoms with van der Waals surface area (Å²) in [6.45, 7) is 2.29. The molecule has 2 amide bonds. The molecule has 0 aliphatic rings. The van der Waals surface area contributed by atoms with Crippen molar-refractivity contribution in [2.45, 2.75) is 6.92 Å². The summed E-state index contributed by atoms with van der Waals surface area (Å²) in [4.78, 5) is 41.6. The number of carbonyl (C=O) groups excluding carboxylic acids is 1. The van der Waals surface area contributed by atoms with Crippen LogP contribution in [0.2, 0.25) is 0 Å². The number of hydrogen-bond donors (Lipinski definition) is 3. The number of rotatable bonds is 5. The molecular formula is C18H14N6O3S2. The molecule has 4 aromatic rings. The number of carbonyl (C=O) groups is 2. The number of pyridine rings is 1. The lowest BCUT2D eigenvalue weighted by Gasteiger charge is -2.07. The Hall–Kier alpha value is -3.44. The van der Waals surface area contributed by atoms with Crippen molar-refractivity contribution in [1.29, 1.82) is 0 Å². The molecule has 0 unspecified atom stereocenters. The van der Waals surface area contributed by atoms with Crippen LogP contribution in [0, 0.1) is 0 Å². The number of anilines is 1. The van der Waals surface area contributed by atoms with Gasteiger partial charge in [0.2, 0.25) is 5.95 Å². The van der Waals surface area contributed by atoms with Gasteiger partial charge in [0.1, 0.15) is 9.84 Å². The van der Waals surface area contributed by atoms with Crippen LogP contribution in [0.25, 0.3) is 31.4 Å². The van der Waals surface area contributed by atoms with E-state index in [1.54, 1.807) is 12.4 Å².